The highest BCUT2D eigenvalue weighted by Gasteiger charge is 2.16. The summed E-state index contributed by atoms with van der Waals surface area (Å²) in [4.78, 5) is 8.00. The summed E-state index contributed by atoms with van der Waals surface area (Å²) in [5.41, 5.74) is 0. The number of nitrogens with zero attached hydrogens (tertiary/aromatic N) is 3. The van der Waals surface area contributed by atoms with Gasteiger partial charge in [0.25, 0.3) is 0 Å². The van der Waals surface area contributed by atoms with E-state index in [0.717, 1.165) is 42.8 Å². The smallest absolute Gasteiger partial charge is 0.245 e. The molecule has 0 saturated carbocycles. The third-order valence-electron chi connectivity index (χ3n) is 3.25. The van der Waals surface area contributed by atoms with E-state index < -0.39 is 0 Å². The first-order valence-electron chi connectivity index (χ1n) is 6.26. The van der Waals surface area contributed by atoms with E-state index in [1.54, 1.807) is 22.7 Å². The number of nitrogens with one attached hydrogen (secondary N) is 2. The summed E-state index contributed by atoms with van der Waals surface area (Å²) in [5, 5.41) is 12.9. The lowest BCUT2D eigenvalue weighted by Crippen LogP contribution is -2.44. The molecule has 1 fully saturated rings. The lowest BCUT2D eigenvalue weighted by molar-refractivity contribution is 0.580. The number of anilines is 1. The van der Waals surface area contributed by atoms with Gasteiger partial charge in [0, 0.05) is 35.6 Å². The minimum absolute atomic E-state index is 0.813. The molecule has 0 amide bonds. The van der Waals surface area contributed by atoms with Crippen molar-refractivity contribution >= 4 is 38.0 Å². The van der Waals surface area contributed by atoms with Crippen molar-refractivity contribution in [2.45, 2.75) is 0 Å². The zero-order valence-electron chi connectivity index (χ0n) is 10.2. The maximum atomic E-state index is 4.63. The Morgan fingerprint density at radius 3 is 2.95 bits per heavy atom. The number of hydrogen-bond donors (Lipinski definition) is 2. The molecule has 0 spiro atoms. The molecule has 4 heterocycles. The molecule has 0 radical (unpaired) electrons. The van der Waals surface area contributed by atoms with Crippen LogP contribution in [-0.2, 0) is 0 Å². The highest BCUT2D eigenvalue weighted by molar-refractivity contribution is 7.28. The van der Waals surface area contributed by atoms with Gasteiger partial charge in [-0.15, -0.1) is 27.8 Å². The molecule has 1 aliphatic heterocycles. The van der Waals surface area contributed by atoms with Crippen LogP contribution in [0.25, 0.3) is 20.1 Å². The molecule has 3 aromatic rings. The number of aromatic amines is 1. The zero-order valence-corrected chi connectivity index (χ0v) is 11.9. The van der Waals surface area contributed by atoms with Crippen LogP contribution in [0.2, 0.25) is 0 Å². The van der Waals surface area contributed by atoms with Gasteiger partial charge in [-0.1, -0.05) is 0 Å². The summed E-state index contributed by atoms with van der Waals surface area (Å²) >= 11 is 3.53. The van der Waals surface area contributed by atoms with Crippen LogP contribution in [0.15, 0.2) is 17.5 Å². The molecule has 5 nitrogen and oxygen atoms in total. The summed E-state index contributed by atoms with van der Waals surface area (Å²) in [6.07, 6.45) is 0. The summed E-state index contributed by atoms with van der Waals surface area (Å²) < 4.78 is 2.64. The summed E-state index contributed by atoms with van der Waals surface area (Å²) in [6.45, 7) is 3.94. The van der Waals surface area contributed by atoms with Crippen LogP contribution in [-0.4, -0.2) is 41.4 Å². The average molecular weight is 291 g/mol. The summed E-state index contributed by atoms with van der Waals surface area (Å²) in [6, 6.07) is 4.34. The fourth-order valence-electron chi connectivity index (χ4n) is 2.25. The SMILES string of the molecule is c1cc2sc(-c3nc(N4CCNCC4)n[nH]3)cc2s1. The van der Waals surface area contributed by atoms with Gasteiger partial charge in [0.1, 0.15) is 0 Å². The van der Waals surface area contributed by atoms with Gasteiger partial charge in [-0.05, 0) is 17.5 Å². The summed E-state index contributed by atoms with van der Waals surface area (Å²) in [7, 11) is 0. The Labute approximate surface area is 118 Å². The van der Waals surface area contributed by atoms with E-state index in [1.165, 1.54) is 9.40 Å². The van der Waals surface area contributed by atoms with Crippen molar-refractivity contribution in [2.75, 3.05) is 31.1 Å². The molecule has 0 atom stereocenters. The second-order valence-corrected chi connectivity index (χ2v) is 6.51. The maximum absolute atomic E-state index is 4.63. The van der Waals surface area contributed by atoms with Gasteiger partial charge in [0.2, 0.25) is 5.95 Å². The molecule has 19 heavy (non-hydrogen) atoms. The van der Waals surface area contributed by atoms with Crippen molar-refractivity contribution in [1.82, 2.24) is 20.5 Å². The normalized spacial score (nSPS) is 16.3. The zero-order chi connectivity index (χ0) is 12.7. The lowest BCUT2D eigenvalue weighted by Gasteiger charge is -2.25. The monoisotopic (exact) mass is 291 g/mol. The number of rotatable bonds is 2. The van der Waals surface area contributed by atoms with Crippen molar-refractivity contribution < 1.29 is 0 Å². The van der Waals surface area contributed by atoms with E-state index in [4.69, 9.17) is 0 Å². The van der Waals surface area contributed by atoms with E-state index in [9.17, 15) is 0 Å². The molecular formula is C12H13N5S2. The van der Waals surface area contributed by atoms with Crippen molar-refractivity contribution in [3.05, 3.63) is 17.5 Å². The number of aromatic nitrogens is 3. The van der Waals surface area contributed by atoms with Gasteiger partial charge in [-0.3, -0.25) is 5.10 Å². The first kappa shape index (κ1) is 11.4. The summed E-state index contributed by atoms with van der Waals surface area (Å²) in [5.74, 6) is 1.69. The van der Waals surface area contributed by atoms with Crippen LogP contribution in [0.1, 0.15) is 0 Å². The molecule has 1 saturated heterocycles. The Kier molecular flexibility index (Phi) is 2.75. The molecule has 98 valence electrons. The van der Waals surface area contributed by atoms with Gasteiger partial charge in [0.15, 0.2) is 5.82 Å². The van der Waals surface area contributed by atoms with E-state index in [0.29, 0.717) is 0 Å². The average Bonchev–Trinajstić information content (AvgIpc) is 3.14. The minimum Gasteiger partial charge on any atom is -0.337 e. The van der Waals surface area contributed by atoms with Crippen molar-refractivity contribution in [2.24, 2.45) is 0 Å². The van der Waals surface area contributed by atoms with Crippen LogP contribution in [0.4, 0.5) is 5.95 Å². The second-order valence-electron chi connectivity index (χ2n) is 4.48. The molecule has 0 unspecified atom stereocenters. The van der Waals surface area contributed by atoms with Gasteiger partial charge < -0.3 is 10.2 Å². The predicted molar refractivity (Wildman–Crippen MR) is 80.2 cm³/mol. The first-order valence-corrected chi connectivity index (χ1v) is 7.95. The number of fused-ring (bicyclic) bond motifs is 1. The number of thiophene rings is 2. The third-order valence-corrected chi connectivity index (χ3v) is 5.35. The van der Waals surface area contributed by atoms with Crippen LogP contribution in [0.5, 0.6) is 0 Å². The first-order chi connectivity index (χ1) is 9.40. The Hall–Kier alpha value is -1.44. The van der Waals surface area contributed by atoms with Crippen LogP contribution >= 0.6 is 22.7 Å². The van der Waals surface area contributed by atoms with Crippen LogP contribution in [0.3, 0.4) is 0 Å². The standard InChI is InChI=1S/C12H13N5S2/c1-6-18-9-7-10(19-8(1)9)11-14-12(16-15-11)17-4-2-13-3-5-17/h1,6-7,13H,2-5H2,(H,14,15,16). The lowest BCUT2D eigenvalue weighted by atomic mass is 10.4. The van der Waals surface area contributed by atoms with Gasteiger partial charge >= 0.3 is 0 Å². The minimum atomic E-state index is 0.813. The number of hydrogen-bond acceptors (Lipinski definition) is 6. The second kappa shape index (κ2) is 4.59. The Balaban J connectivity index is 1.64. The van der Waals surface area contributed by atoms with Crippen LogP contribution < -0.4 is 10.2 Å². The highest BCUT2D eigenvalue weighted by atomic mass is 32.1. The maximum Gasteiger partial charge on any atom is 0.245 e. The molecular weight excluding hydrogens is 278 g/mol. The molecule has 7 heteroatoms. The molecule has 0 bridgehead atoms. The molecule has 4 rings (SSSR count). The van der Waals surface area contributed by atoms with Gasteiger partial charge in [-0.25, -0.2) is 0 Å². The van der Waals surface area contributed by atoms with E-state index in [1.807, 2.05) is 0 Å². The van der Waals surface area contributed by atoms with Gasteiger partial charge in [-0.2, -0.15) is 4.98 Å². The molecule has 0 aliphatic carbocycles. The largest absolute Gasteiger partial charge is 0.337 e. The fraction of sp³-hybridized carbons (Fsp3) is 0.333. The van der Waals surface area contributed by atoms with Crippen molar-refractivity contribution in [1.29, 1.82) is 0 Å². The van der Waals surface area contributed by atoms with E-state index in [2.05, 4.69) is 42.9 Å². The third kappa shape index (κ3) is 2.03. The van der Waals surface area contributed by atoms with Crippen molar-refractivity contribution in [3.8, 4) is 10.7 Å². The van der Waals surface area contributed by atoms with Crippen molar-refractivity contribution in [3.63, 3.8) is 0 Å². The molecule has 0 aromatic carbocycles. The fourth-order valence-corrected chi connectivity index (χ4v) is 4.30. The Bertz CT molecular complexity index is 663. The predicted octanol–water partition coefficient (Wildman–Crippen LogP) is 2.16. The highest BCUT2D eigenvalue weighted by Crippen LogP contribution is 2.35. The molecule has 3 aromatic heterocycles. The quantitative estimate of drug-likeness (QED) is 0.759. The molecule has 2 N–H and O–H groups in total. The number of H-pyrrole nitrogens is 1. The van der Waals surface area contributed by atoms with E-state index in [-0.39, 0.29) is 0 Å². The topological polar surface area (TPSA) is 56.8 Å². The Morgan fingerprint density at radius 1 is 1.21 bits per heavy atom. The van der Waals surface area contributed by atoms with Crippen LogP contribution in [0, 0.1) is 0 Å². The Morgan fingerprint density at radius 2 is 2.11 bits per heavy atom. The molecule has 1 aliphatic rings. The van der Waals surface area contributed by atoms with E-state index >= 15 is 0 Å². The van der Waals surface area contributed by atoms with Gasteiger partial charge in [0.05, 0.1) is 4.88 Å². The number of piperazine rings is 1.